The van der Waals surface area contributed by atoms with Gasteiger partial charge in [-0.25, -0.2) is 0 Å². The summed E-state index contributed by atoms with van der Waals surface area (Å²) in [6.07, 6.45) is -5.32. The van der Waals surface area contributed by atoms with Gasteiger partial charge in [-0.2, -0.15) is 13.2 Å². The molecule has 1 rings (SSSR count). The van der Waals surface area contributed by atoms with Crippen molar-refractivity contribution in [2.75, 3.05) is 14.2 Å². The van der Waals surface area contributed by atoms with E-state index in [2.05, 4.69) is 9.72 Å². The first-order valence-corrected chi connectivity index (χ1v) is 4.77. The largest absolute Gasteiger partial charge is 0.494 e. The Morgan fingerprint density at radius 1 is 1.41 bits per heavy atom. The van der Waals surface area contributed by atoms with Gasteiger partial charge in [0.1, 0.15) is 5.75 Å². The smallest absolute Gasteiger partial charge is 0.418 e. The number of halogens is 3. The lowest BCUT2D eigenvalue weighted by molar-refractivity contribution is -0.216. The second kappa shape index (κ2) is 5.33. The summed E-state index contributed by atoms with van der Waals surface area (Å²) >= 11 is 0. The molecule has 17 heavy (non-hydrogen) atoms. The first-order valence-electron chi connectivity index (χ1n) is 4.77. The molecule has 4 nitrogen and oxygen atoms in total. The highest BCUT2D eigenvalue weighted by Crippen LogP contribution is 2.40. The van der Waals surface area contributed by atoms with Gasteiger partial charge in [0.15, 0.2) is 6.10 Å². The molecule has 96 valence electrons. The molecule has 1 heterocycles. The molecule has 0 aliphatic rings. The van der Waals surface area contributed by atoms with Gasteiger partial charge in [-0.05, 0) is 6.07 Å². The third-order valence-corrected chi connectivity index (χ3v) is 2.22. The van der Waals surface area contributed by atoms with Crippen LogP contribution in [0.1, 0.15) is 17.4 Å². The van der Waals surface area contributed by atoms with Crippen LogP contribution in [0.15, 0.2) is 12.3 Å². The number of hydrogen-bond donors (Lipinski definition) is 1. The van der Waals surface area contributed by atoms with E-state index in [9.17, 15) is 13.2 Å². The predicted molar refractivity (Wildman–Crippen MR) is 54.5 cm³/mol. The Labute approximate surface area is 96.5 Å². The lowest BCUT2D eigenvalue weighted by Crippen LogP contribution is -2.23. The Kier molecular flexibility index (Phi) is 4.30. The van der Waals surface area contributed by atoms with Crippen LogP contribution >= 0.6 is 0 Å². The molecule has 0 aliphatic carbocycles. The van der Waals surface area contributed by atoms with Gasteiger partial charge in [0.25, 0.3) is 0 Å². The van der Waals surface area contributed by atoms with Crippen LogP contribution in [-0.4, -0.2) is 25.4 Å². The van der Waals surface area contributed by atoms with Gasteiger partial charge in [-0.15, -0.1) is 0 Å². The maximum atomic E-state index is 12.7. The molecule has 0 amide bonds. The quantitative estimate of drug-likeness (QED) is 0.885. The Bertz CT molecular complexity index is 382. The molecule has 0 aromatic carbocycles. The van der Waals surface area contributed by atoms with Crippen molar-refractivity contribution < 1.29 is 22.6 Å². The van der Waals surface area contributed by atoms with Crippen molar-refractivity contribution >= 4 is 0 Å². The maximum Gasteiger partial charge on any atom is 0.418 e. The first-order chi connectivity index (χ1) is 7.95. The van der Waals surface area contributed by atoms with E-state index in [-0.39, 0.29) is 23.6 Å². The normalized spacial score (nSPS) is 13.5. The van der Waals surface area contributed by atoms with E-state index in [4.69, 9.17) is 10.5 Å². The van der Waals surface area contributed by atoms with E-state index >= 15 is 0 Å². The zero-order valence-corrected chi connectivity index (χ0v) is 9.41. The number of pyridine rings is 1. The average molecular weight is 250 g/mol. The van der Waals surface area contributed by atoms with Crippen LogP contribution in [-0.2, 0) is 11.3 Å². The summed E-state index contributed by atoms with van der Waals surface area (Å²) in [5.74, 6) is 0.0131. The lowest BCUT2D eigenvalue weighted by atomic mass is 10.1. The zero-order chi connectivity index (χ0) is 13.1. The monoisotopic (exact) mass is 250 g/mol. The molecule has 0 fully saturated rings. The highest BCUT2D eigenvalue weighted by atomic mass is 19.4. The van der Waals surface area contributed by atoms with Crippen molar-refractivity contribution in [3.05, 3.63) is 23.5 Å². The molecule has 0 saturated carbocycles. The fraction of sp³-hybridized carbons (Fsp3) is 0.500. The number of alkyl halides is 3. The topological polar surface area (TPSA) is 57.4 Å². The summed E-state index contributed by atoms with van der Waals surface area (Å²) in [5.41, 5.74) is 5.51. The van der Waals surface area contributed by atoms with Crippen molar-refractivity contribution in [1.29, 1.82) is 0 Å². The van der Waals surface area contributed by atoms with Crippen LogP contribution in [0.5, 0.6) is 5.75 Å². The van der Waals surface area contributed by atoms with Gasteiger partial charge < -0.3 is 15.2 Å². The third kappa shape index (κ3) is 2.86. The lowest BCUT2D eigenvalue weighted by Gasteiger charge is -2.21. The van der Waals surface area contributed by atoms with Crippen LogP contribution in [0, 0.1) is 0 Å². The van der Waals surface area contributed by atoms with Crippen LogP contribution in [0.3, 0.4) is 0 Å². The van der Waals surface area contributed by atoms with E-state index < -0.39 is 12.3 Å². The first kappa shape index (κ1) is 13.7. The molecule has 1 aromatic rings. The number of ether oxygens (including phenoxy) is 2. The number of aromatic nitrogens is 1. The number of rotatable bonds is 4. The standard InChI is InChI=1S/C10H13F3N2O2/c1-16-8-6(3-4-15-7(8)5-14)9(17-2)10(11,12)13/h3-4,9H,5,14H2,1-2H3. The van der Waals surface area contributed by atoms with E-state index in [1.165, 1.54) is 19.4 Å². The minimum absolute atomic E-state index is 0.00863. The molecule has 1 aromatic heterocycles. The molecule has 0 saturated heterocycles. The van der Waals surface area contributed by atoms with Crippen molar-refractivity contribution in [3.8, 4) is 5.75 Å². The predicted octanol–water partition coefficient (Wildman–Crippen LogP) is 1.80. The van der Waals surface area contributed by atoms with E-state index in [0.717, 1.165) is 7.11 Å². The second-order valence-corrected chi connectivity index (χ2v) is 3.24. The molecule has 0 aliphatic heterocycles. The van der Waals surface area contributed by atoms with Crippen molar-refractivity contribution in [2.24, 2.45) is 5.73 Å². The molecule has 1 unspecified atom stereocenters. The summed E-state index contributed by atoms with van der Waals surface area (Å²) in [7, 11) is 2.25. The highest BCUT2D eigenvalue weighted by Gasteiger charge is 2.43. The van der Waals surface area contributed by atoms with Crippen molar-refractivity contribution in [3.63, 3.8) is 0 Å². The van der Waals surface area contributed by atoms with Gasteiger partial charge in [-0.3, -0.25) is 4.98 Å². The summed E-state index contributed by atoms with van der Waals surface area (Å²) in [6.45, 7) is -0.00863. The van der Waals surface area contributed by atoms with Crippen LogP contribution < -0.4 is 10.5 Å². The fourth-order valence-corrected chi connectivity index (χ4v) is 1.53. The molecule has 2 N–H and O–H groups in total. The summed E-state index contributed by atoms with van der Waals surface area (Å²) in [4.78, 5) is 3.85. The highest BCUT2D eigenvalue weighted by molar-refractivity contribution is 5.39. The Hall–Kier alpha value is -1.34. The van der Waals surface area contributed by atoms with Gasteiger partial charge in [0, 0.05) is 25.4 Å². The molecule has 0 spiro atoms. The van der Waals surface area contributed by atoms with Crippen LogP contribution in [0.4, 0.5) is 13.2 Å². The second-order valence-electron chi connectivity index (χ2n) is 3.24. The van der Waals surface area contributed by atoms with Crippen molar-refractivity contribution in [2.45, 2.75) is 18.8 Å². The van der Waals surface area contributed by atoms with E-state index in [1.807, 2.05) is 0 Å². The van der Waals surface area contributed by atoms with Crippen LogP contribution in [0.25, 0.3) is 0 Å². The Morgan fingerprint density at radius 3 is 2.47 bits per heavy atom. The summed E-state index contributed by atoms with van der Waals surface area (Å²) < 4.78 is 47.6. The Morgan fingerprint density at radius 2 is 2.06 bits per heavy atom. The molecule has 1 atom stereocenters. The van der Waals surface area contributed by atoms with Gasteiger partial charge in [-0.1, -0.05) is 0 Å². The summed E-state index contributed by atoms with van der Waals surface area (Å²) in [5, 5.41) is 0. The van der Waals surface area contributed by atoms with Crippen LogP contribution in [0.2, 0.25) is 0 Å². The van der Waals surface area contributed by atoms with Crippen molar-refractivity contribution in [1.82, 2.24) is 4.98 Å². The van der Waals surface area contributed by atoms with E-state index in [1.54, 1.807) is 0 Å². The molecule has 0 bridgehead atoms. The number of methoxy groups -OCH3 is 2. The zero-order valence-electron chi connectivity index (χ0n) is 9.41. The molecule has 0 radical (unpaired) electrons. The van der Waals surface area contributed by atoms with Gasteiger partial charge >= 0.3 is 6.18 Å². The van der Waals surface area contributed by atoms with Gasteiger partial charge in [0.05, 0.1) is 12.8 Å². The van der Waals surface area contributed by atoms with Gasteiger partial charge in [0.2, 0.25) is 0 Å². The van der Waals surface area contributed by atoms with E-state index in [0.29, 0.717) is 0 Å². The SMILES string of the molecule is COc1c(C(OC)C(F)(F)F)ccnc1CN. The Balaban J connectivity index is 3.29. The molecule has 7 heteroatoms. The third-order valence-electron chi connectivity index (χ3n) is 2.22. The summed E-state index contributed by atoms with van der Waals surface area (Å²) in [6, 6.07) is 1.21. The number of hydrogen-bond acceptors (Lipinski definition) is 4. The fourth-order valence-electron chi connectivity index (χ4n) is 1.53. The minimum Gasteiger partial charge on any atom is -0.494 e. The number of nitrogens with zero attached hydrogens (tertiary/aromatic N) is 1. The number of nitrogens with two attached hydrogens (primary N) is 1. The average Bonchev–Trinajstić information content (AvgIpc) is 2.27. The molecular weight excluding hydrogens is 237 g/mol. The maximum absolute atomic E-state index is 12.7. The molecular formula is C10H13F3N2O2. The minimum atomic E-state index is -4.52.